The fraction of sp³-hybridized carbons (Fsp3) is 0.0189. The molecule has 0 radical (unpaired) electrons. The number of hydrogen-bond acceptors (Lipinski definition) is 3. The van der Waals surface area contributed by atoms with E-state index in [0.717, 1.165) is 77.5 Å². The van der Waals surface area contributed by atoms with Crippen LogP contribution in [0.1, 0.15) is 22.3 Å². The highest BCUT2D eigenvalue weighted by Gasteiger charge is 2.52. The van der Waals surface area contributed by atoms with Crippen LogP contribution in [0.4, 0.5) is 0 Å². The molecule has 0 saturated carbocycles. The first-order valence-electron chi connectivity index (χ1n) is 19.2. The van der Waals surface area contributed by atoms with Crippen LogP contribution in [-0.4, -0.2) is 9.97 Å². The maximum absolute atomic E-state index is 7.16. The molecule has 0 bridgehead atoms. The van der Waals surface area contributed by atoms with E-state index in [1.807, 2.05) is 0 Å². The SMILES string of the molecule is c1ccc(-c2ccc(-c3nc(-c4cccc5c4-c4ccccc4C54c5ccc6ccccc6c5Oc5c4ccc4ccccc54)nc4ccccc34)cc2)cc1. The number of ether oxygens (including phenoxy) is 1. The van der Waals surface area contributed by atoms with E-state index in [-0.39, 0.29) is 0 Å². The first-order valence-corrected chi connectivity index (χ1v) is 19.2. The van der Waals surface area contributed by atoms with Gasteiger partial charge in [0.05, 0.1) is 16.6 Å². The zero-order valence-corrected chi connectivity index (χ0v) is 30.3. The number of aromatic nitrogens is 2. The zero-order valence-electron chi connectivity index (χ0n) is 30.3. The lowest BCUT2D eigenvalue weighted by molar-refractivity contribution is 0.447. The fourth-order valence-electron chi connectivity index (χ4n) is 9.51. The molecule has 56 heavy (non-hydrogen) atoms. The van der Waals surface area contributed by atoms with Crippen LogP contribution in [0.2, 0.25) is 0 Å². The van der Waals surface area contributed by atoms with Crippen LogP contribution in [0, 0.1) is 0 Å². The topological polar surface area (TPSA) is 35.0 Å². The molecular formula is C53H32N2O. The molecule has 2 aliphatic rings. The normalized spacial score (nSPS) is 13.3. The summed E-state index contributed by atoms with van der Waals surface area (Å²) in [5.74, 6) is 2.52. The molecule has 1 aliphatic heterocycles. The molecule has 0 amide bonds. The molecule has 2 heterocycles. The van der Waals surface area contributed by atoms with Crippen LogP contribution in [0.5, 0.6) is 11.5 Å². The minimum Gasteiger partial charge on any atom is -0.455 e. The molecule has 0 saturated heterocycles. The van der Waals surface area contributed by atoms with Crippen molar-refractivity contribution in [3.8, 4) is 56.4 Å². The van der Waals surface area contributed by atoms with Gasteiger partial charge >= 0.3 is 0 Å². The van der Waals surface area contributed by atoms with Crippen molar-refractivity contribution in [2.45, 2.75) is 5.41 Å². The van der Waals surface area contributed by atoms with Crippen molar-refractivity contribution in [3.05, 3.63) is 216 Å². The Kier molecular flexibility index (Phi) is 6.55. The number of fused-ring (bicyclic) bond motifs is 14. The van der Waals surface area contributed by atoms with Gasteiger partial charge in [-0.05, 0) is 50.2 Å². The smallest absolute Gasteiger partial charge is 0.161 e. The second-order valence-electron chi connectivity index (χ2n) is 14.8. The quantitative estimate of drug-likeness (QED) is 0.183. The van der Waals surface area contributed by atoms with Gasteiger partial charge in [-0.25, -0.2) is 9.97 Å². The van der Waals surface area contributed by atoms with Crippen molar-refractivity contribution in [1.29, 1.82) is 0 Å². The summed E-state index contributed by atoms with van der Waals surface area (Å²) in [6.07, 6.45) is 0. The van der Waals surface area contributed by atoms with E-state index in [1.165, 1.54) is 27.8 Å². The molecule has 1 spiro atoms. The molecule has 0 N–H and O–H groups in total. The number of benzene rings is 9. The molecule has 260 valence electrons. The van der Waals surface area contributed by atoms with Gasteiger partial charge in [0.15, 0.2) is 5.82 Å². The Labute approximate surface area is 324 Å². The average Bonchev–Trinajstić information content (AvgIpc) is 3.57. The minimum absolute atomic E-state index is 0.647. The average molecular weight is 713 g/mol. The predicted octanol–water partition coefficient (Wildman–Crippen LogP) is 13.4. The van der Waals surface area contributed by atoms with E-state index < -0.39 is 5.41 Å². The number of nitrogens with zero attached hydrogens (tertiary/aromatic N) is 2. The summed E-state index contributed by atoms with van der Waals surface area (Å²) in [4.78, 5) is 10.8. The van der Waals surface area contributed by atoms with Gasteiger partial charge in [-0.3, -0.25) is 0 Å². The molecule has 12 rings (SSSR count). The van der Waals surface area contributed by atoms with E-state index in [1.54, 1.807) is 0 Å². The summed E-state index contributed by atoms with van der Waals surface area (Å²) >= 11 is 0. The molecular weight excluding hydrogens is 681 g/mol. The molecule has 3 nitrogen and oxygen atoms in total. The molecule has 3 heteroatoms. The molecule has 0 unspecified atom stereocenters. The Morgan fingerprint density at radius 2 is 0.911 bits per heavy atom. The fourth-order valence-corrected chi connectivity index (χ4v) is 9.51. The second kappa shape index (κ2) is 11.8. The van der Waals surface area contributed by atoms with Gasteiger partial charge in [-0.15, -0.1) is 0 Å². The monoisotopic (exact) mass is 712 g/mol. The van der Waals surface area contributed by atoms with E-state index in [0.29, 0.717) is 5.82 Å². The van der Waals surface area contributed by atoms with Gasteiger partial charge < -0.3 is 4.74 Å². The van der Waals surface area contributed by atoms with Crippen molar-refractivity contribution in [1.82, 2.24) is 9.97 Å². The van der Waals surface area contributed by atoms with Crippen LogP contribution in [0.25, 0.3) is 77.3 Å². The summed E-state index contributed by atoms with van der Waals surface area (Å²) in [5.41, 5.74) is 12.7. The van der Waals surface area contributed by atoms with Crippen LogP contribution >= 0.6 is 0 Å². The Morgan fingerprint density at radius 1 is 0.357 bits per heavy atom. The summed E-state index contributed by atoms with van der Waals surface area (Å²) in [7, 11) is 0. The molecule has 0 fully saturated rings. The number of para-hydroxylation sites is 1. The zero-order chi connectivity index (χ0) is 36.8. The van der Waals surface area contributed by atoms with Gasteiger partial charge in [-0.2, -0.15) is 0 Å². The van der Waals surface area contributed by atoms with Gasteiger partial charge in [0.25, 0.3) is 0 Å². The van der Waals surface area contributed by atoms with E-state index in [2.05, 4.69) is 194 Å². The summed E-state index contributed by atoms with van der Waals surface area (Å²) in [6, 6.07) is 69.4. The van der Waals surface area contributed by atoms with Gasteiger partial charge in [0, 0.05) is 38.4 Å². The minimum atomic E-state index is -0.647. The lowest BCUT2D eigenvalue weighted by atomic mass is 9.65. The summed E-state index contributed by atoms with van der Waals surface area (Å²) < 4.78 is 7.16. The summed E-state index contributed by atoms with van der Waals surface area (Å²) in [5, 5.41) is 5.54. The maximum Gasteiger partial charge on any atom is 0.161 e. The van der Waals surface area contributed by atoms with Crippen LogP contribution in [0.15, 0.2) is 194 Å². The van der Waals surface area contributed by atoms with E-state index in [4.69, 9.17) is 14.7 Å². The van der Waals surface area contributed by atoms with E-state index in [9.17, 15) is 0 Å². The van der Waals surface area contributed by atoms with Crippen LogP contribution in [0.3, 0.4) is 0 Å². The lowest BCUT2D eigenvalue weighted by Gasteiger charge is -2.40. The van der Waals surface area contributed by atoms with Crippen LogP contribution < -0.4 is 4.74 Å². The summed E-state index contributed by atoms with van der Waals surface area (Å²) in [6.45, 7) is 0. The number of hydrogen-bond donors (Lipinski definition) is 0. The molecule has 0 atom stereocenters. The Bertz CT molecular complexity index is 3140. The Balaban J connectivity index is 1.14. The number of rotatable bonds is 3. The third-order valence-electron chi connectivity index (χ3n) is 11.9. The standard InChI is InChI=1S/C53H32N2O/c1-2-13-33(14-3-1)34-25-27-37(28-26-34)49-41-20-9-11-24-47(41)54-52(55-49)42-21-12-23-44-48(42)40-19-8-10-22-43(40)53(44)45-31-29-35-15-4-6-17-38(35)50(45)56-51-39-18-7-5-16-36(39)30-32-46(51)53/h1-32H. The van der Waals surface area contributed by atoms with Crippen molar-refractivity contribution < 1.29 is 4.74 Å². The largest absolute Gasteiger partial charge is 0.455 e. The maximum atomic E-state index is 7.16. The van der Waals surface area contributed by atoms with Gasteiger partial charge in [0.1, 0.15) is 11.5 Å². The molecule has 10 aromatic rings. The van der Waals surface area contributed by atoms with Crippen molar-refractivity contribution >= 4 is 32.4 Å². The highest BCUT2D eigenvalue weighted by atomic mass is 16.5. The molecule has 1 aromatic heterocycles. The highest BCUT2D eigenvalue weighted by Crippen LogP contribution is 2.64. The van der Waals surface area contributed by atoms with Crippen molar-refractivity contribution in [3.63, 3.8) is 0 Å². The first-order chi connectivity index (χ1) is 27.8. The Morgan fingerprint density at radius 3 is 1.64 bits per heavy atom. The lowest BCUT2D eigenvalue weighted by Crippen LogP contribution is -2.32. The first kappa shape index (κ1) is 31.0. The Hall–Kier alpha value is -7.36. The third kappa shape index (κ3) is 4.28. The molecule has 1 aliphatic carbocycles. The van der Waals surface area contributed by atoms with E-state index >= 15 is 0 Å². The second-order valence-corrected chi connectivity index (χ2v) is 14.8. The van der Waals surface area contributed by atoms with Crippen LogP contribution in [-0.2, 0) is 5.41 Å². The highest BCUT2D eigenvalue weighted by molar-refractivity contribution is 6.02. The van der Waals surface area contributed by atoms with Crippen molar-refractivity contribution in [2.24, 2.45) is 0 Å². The molecule has 9 aromatic carbocycles. The predicted molar refractivity (Wildman–Crippen MR) is 228 cm³/mol. The van der Waals surface area contributed by atoms with Gasteiger partial charge in [0.2, 0.25) is 0 Å². The van der Waals surface area contributed by atoms with Gasteiger partial charge in [-0.1, -0.05) is 188 Å². The van der Waals surface area contributed by atoms with Crippen molar-refractivity contribution in [2.75, 3.05) is 0 Å². The third-order valence-corrected chi connectivity index (χ3v) is 11.9.